The SMILES string of the molecule is Cc1ccc(CCC(=O)NCC(N)C2CC2)c(C)c1. The van der Waals surface area contributed by atoms with Crippen molar-refractivity contribution < 1.29 is 4.79 Å². The number of aryl methyl sites for hydroxylation is 3. The van der Waals surface area contributed by atoms with Crippen LogP contribution >= 0.6 is 0 Å². The minimum absolute atomic E-state index is 0.107. The molecule has 1 aliphatic carbocycles. The topological polar surface area (TPSA) is 55.1 Å². The molecular weight excluding hydrogens is 236 g/mol. The van der Waals surface area contributed by atoms with Crippen molar-refractivity contribution in [3.05, 3.63) is 34.9 Å². The molecule has 1 aromatic rings. The molecule has 0 radical (unpaired) electrons. The van der Waals surface area contributed by atoms with Crippen LogP contribution in [0.5, 0.6) is 0 Å². The molecule has 0 saturated heterocycles. The summed E-state index contributed by atoms with van der Waals surface area (Å²) in [4.78, 5) is 11.8. The van der Waals surface area contributed by atoms with Crippen LogP contribution in [0.4, 0.5) is 0 Å². The highest BCUT2D eigenvalue weighted by Gasteiger charge is 2.28. The molecule has 1 unspecified atom stereocenters. The van der Waals surface area contributed by atoms with Gasteiger partial charge in [-0.2, -0.15) is 0 Å². The van der Waals surface area contributed by atoms with Crippen LogP contribution in [0.3, 0.4) is 0 Å². The first-order chi connectivity index (χ1) is 9.06. The Labute approximate surface area is 115 Å². The summed E-state index contributed by atoms with van der Waals surface area (Å²) in [7, 11) is 0. The minimum Gasteiger partial charge on any atom is -0.355 e. The second-order valence-electron chi connectivity index (χ2n) is 5.74. The molecule has 1 fully saturated rings. The third kappa shape index (κ3) is 4.35. The number of nitrogens with one attached hydrogen (secondary N) is 1. The molecule has 104 valence electrons. The summed E-state index contributed by atoms with van der Waals surface area (Å²) in [5.74, 6) is 0.746. The first-order valence-electron chi connectivity index (χ1n) is 7.14. The highest BCUT2D eigenvalue weighted by Crippen LogP contribution is 2.31. The van der Waals surface area contributed by atoms with E-state index in [4.69, 9.17) is 5.73 Å². The number of carbonyl (C=O) groups excluding carboxylic acids is 1. The lowest BCUT2D eigenvalue weighted by Gasteiger charge is -2.12. The Morgan fingerprint density at radius 1 is 1.42 bits per heavy atom. The van der Waals surface area contributed by atoms with Crippen molar-refractivity contribution >= 4 is 5.91 Å². The fourth-order valence-electron chi connectivity index (χ4n) is 2.39. The average molecular weight is 260 g/mol. The molecule has 0 heterocycles. The maximum absolute atomic E-state index is 11.8. The van der Waals surface area contributed by atoms with Crippen molar-refractivity contribution in [3.63, 3.8) is 0 Å². The molecule has 0 aliphatic heterocycles. The van der Waals surface area contributed by atoms with E-state index in [2.05, 4.69) is 37.4 Å². The Balaban J connectivity index is 1.73. The quantitative estimate of drug-likeness (QED) is 0.823. The number of benzene rings is 1. The van der Waals surface area contributed by atoms with Crippen LogP contribution in [0, 0.1) is 19.8 Å². The van der Waals surface area contributed by atoms with Crippen molar-refractivity contribution in [2.24, 2.45) is 11.7 Å². The summed E-state index contributed by atoms with van der Waals surface area (Å²) < 4.78 is 0. The summed E-state index contributed by atoms with van der Waals surface area (Å²) in [6.45, 7) is 4.81. The van der Waals surface area contributed by atoms with E-state index in [1.165, 1.54) is 29.5 Å². The zero-order chi connectivity index (χ0) is 13.8. The fourth-order valence-corrected chi connectivity index (χ4v) is 2.39. The van der Waals surface area contributed by atoms with Gasteiger partial charge in [0.1, 0.15) is 0 Å². The van der Waals surface area contributed by atoms with Crippen molar-refractivity contribution in [1.82, 2.24) is 5.32 Å². The van der Waals surface area contributed by atoms with Gasteiger partial charge in [-0.1, -0.05) is 23.8 Å². The van der Waals surface area contributed by atoms with Gasteiger partial charge in [0.05, 0.1) is 0 Å². The van der Waals surface area contributed by atoms with Gasteiger partial charge in [0.2, 0.25) is 5.91 Å². The molecule has 19 heavy (non-hydrogen) atoms. The maximum atomic E-state index is 11.8. The molecule has 1 atom stereocenters. The van der Waals surface area contributed by atoms with Gasteiger partial charge in [-0.05, 0) is 50.2 Å². The van der Waals surface area contributed by atoms with E-state index in [-0.39, 0.29) is 11.9 Å². The molecule has 3 N–H and O–H groups in total. The van der Waals surface area contributed by atoms with Gasteiger partial charge < -0.3 is 11.1 Å². The summed E-state index contributed by atoms with van der Waals surface area (Å²) in [5.41, 5.74) is 9.75. The molecular formula is C16H24N2O. The van der Waals surface area contributed by atoms with Gasteiger partial charge in [-0.15, -0.1) is 0 Å². The Morgan fingerprint density at radius 2 is 2.16 bits per heavy atom. The van der Waals surface area contributed by atoms with Gasteiger partial charge in [0, 0.05) is 19.0 Å². The number of hydrogen-bond donors (Lipinski definition) is 2. The van der Waals surface area contributed by atoms with Gasteiger partial charge in [0.15, 0.2) is 0 Å². The first kappa shape index (κ1) is 14.1. The minimum atomic E-state index is 0.107. The molecule has 1 amide bonds. The molecule has 0 aromatic heterocycles. The van der Waals surface area contributed by atoms with Gasteiger partial charge in [-0.25, -0.2) is 0 Å². The number of carbonyl (C=O) groups is 1. The van der Waals surface area contributed by atoms with Crippen LogP contribution in [-0.4, -0.2) is 18.5 Å². The summed E-state index contributed by atoms with van der Waals surface area (Å²) in [5, 5.41) is 2.94. The van der Waals surface area contributed by atoms with E-state index in [9.17, 15) is 4.79 Å². The summed E-state index contributed by atoms with van der Waals surface area (Å²) in [6, 6.07) is 6.53. The summed E-state index contributed by atoms with van der Waals surface area (Å²) >= 11 is 0. The zero-order valence-corrected chi connectivity index (χ0v) is 11.9. The molecule has 1 saturated carbocycles. The van der Waals surface area contributed by atoms with Gasteiger partial charge in [-0.3, -0.25) is 4.79 Å². The lowest BCUT2D eigenvalue weighted by Crippen LogP contribution is -2.38. The standard InChI is InChI=1S/C16H24N2O/c1-11-3-4-13(12(2)9-11)7-8-16(19)18-10-15(17)14-5-6-14/h3-4,9,14-15H,5-8,10,17H2,1-2H3,(H,18,19). The second kappa shape index (κ2) is 6.20. The first-order valence-corrected chi connectivity index (χ1v) is 7.14. The van der Waals surface area contributed by atoms with E-state index in [1.807, 2.05) is 0 Å². The van der Waals surface area contributed by atoms with Gasteiger partial charge >= 0.3 is 0 Å². The molecule has 2 rings (SSSR count). The van der Waals surface area contributed by atoms with Crippen LogP contribution < -0.4 is 11.1 Å². The molecule has 3 nitrogen and oxygen atoms in total. The second-order valence-corrected chi connectivity index (χ2v) is 5.74. The highest BCUT2D eigenvalue weighted by atomic mass is 16.1. The normalized spacial score (nSPS) is 16.2. The van der Waals surface area contributed by atoms with E-state index in [0.717, 1.165) is 6.42 Å². The maximum Gasteiger partial charge on any atom is 0.220 e. The third-order valence-electron chi connectivity index (χ3n) is 3.88. The third-order valence-corrected chi connectivity index (χ3v) is 3.88. The predicted molar refractivity (Wildman–Crippen MR) is 77.9 cm³/mol. The van der Waals surface area contributed by atoms with Gasteiger partial charge in [0.25, 0.3) is 0 Å². The van der Waals surface area contributed by atoms with Crippen LogP contribution in [-0.2, 0) is 11.2 Å². The molecule has 1 aromatic carbocycles. The van der Waals surface area contributed by atoms with Crippen molar-refractivity contribution in [2.45, 2.75) is 45.6 Å². The van der Waals surface area contributed by atoms with Crippen molar-refractivity contribution in [2.75, 3.05) is 6.54 Å². The Bertz CT molecular complexity index is 452. The van der Waals surface area contributed by atoms with Crippen LogP contribution in [0.15, 0.2) is 18.2 Å². The number of amides is 1. The van der Waals surface area contributed by atoms with Crippen LogP contribution in [0.25, 0.3) is 0 Å². The van der Waals surface area contributed by atoms with E-state index in [1.54, 1.807) is 0 Å². The van der Waals surface area contributed by atoms with E-state index >= 15 is 0 Å². The predicted octanol–water partition coefficient (Wildman–Crippen LogP) is 2.09. The number of hydrogen-bond acceptors (Lipinski definition) is 2. The van der Waals surface area contributed by atoms with Crippen molar-refractivity contribution in [3.8, 4) is 0 Å². The zero-order valence-electron chi connectivity index (χ0n) is 11.9. The Morgan fingerprint density at radius 3 is 2.79 bits per heavy atom. The Kier molecular flexibility index (Phi) is 4.59. The average Bonchev–Trinajstić information content (AvgIpc) is 3.19. The highest BCUT2D eigenvalue weighted by molar-refractivity contribution is 5.76. The smallest absolute Gasteiger partial charge is 0.220 e. The van der Waals surface area contributed by atoms with E-state index in [0.29, 0.717) is 18.9 Å². The van der Waals surface area contributed by atoms with E-state index < -0.39 is 0 Å². The molecule has 3 heteroatoms. The lowest BCUT2D eigenvalue weighted by molar-refractivity contribution is -0.121. The number of rotatable bonds is 6. The summed E-state index contributed by atoms with van der Waals surface area (Å²) in [6.07, 6.45) is 3.79. The largest absolute Gasteiger partial charge is 0.355 e. The monoisotopic (exact) mass is 260 g/mol. The number of nitrogens with two attached hydrogens (primary N) is 1. The molecule has 1 aliphatic rings. The molecule has 0 spiro atoms. The van der Waals surface area contributed by atoms with Crippen molar-refractivity contribution in [1.29, 1.82) is 0 Å². The lowest BCUT2D eigenvalue weighted by atomic mass is 10.0. The molecule has 0 bridgehead atoms. The fraction of sp³-hybridized carbons (Fsp3) is 0.562. The van der Waals surface area contributed by atoms with Crippen LogP contribution in [0.2, 0.25) is 0 Å². The Hall–Kier alpha value is -1.35. The van der Waals surface area contributed by atoms with Crippen LogP contribution in [0.1, 0.15) is 36.0 Å².